The fraction of sp³-hybridized carbons (Fsp3) is 0.0566. The summed E-state index contributed by atoms with van der Waals surface area (Å²) in [6.07, 6.45) is 16.8. The molecule has 0 radical (unpaired) electrons. The molecule has 7 aromatic carbocycles. The lowest BCUT2D eigenvalue weighted by molar-refractivity contribution is 0.728. The highest BCUT2D eigenvalue weighted by atomic mass is 15.1. The van der Waals surface area contributed by atoms with Gasteiger partial charge in [0.1, 0.15) is 0 Å². The summed E-state index contributed by atoms with van der Waals surface area (Å²) in [6, 6.07) is 66.8. The van der Waals surface area contributed by atoms with Crippen LogP contribution in [0, 0.1) is 5.92 Å². The van der Waals surface area contributed by atoms with Crippen LogP contribution in [0.2, 0.25) is 0 Å². The molecule has 1 aliphatic rings. The molecule has 0 spiro atoms. The molecule has 0 fully saturated rings. The maximum atomic E-state index is 2.37. The molecule has 0 saturated carbocycles. The maximum Gasteiger partial charge on any atom is 0.0467 e. The van der Waals surface area contributed by atoms with E-state index in [1.54, 1.807) is 0 Å². The first-order valence-electron chi connectivity index (χ1n) is 19.1. The highest BCUT2D eigenvalue weighted by Crippen LogP contribution is 2.40. The van der Waals surface area contributed by atoms with Crippen molar-refractivity contribution < 1.29 is 0 Å². The van der Waals surface area contributed by atoms with Crippen molar-refractivity contribution in [3.05, 3.63) is 234 Å². The molecular formula is C53H44N2. The van der Waals surface area contributed by atoms with Crippen LogP contribution in [0.3, 0.4) is 0 Å². The average molecular weight is 709 g/mol. The van der Waals surface area contributed by atoms with Gasteiger partial charge in [-0.3, -0.25) is 0 Å². The molecule has 2 heteroatoms. The first-order chi connectivity index (χ1) is 27.2. The largest absolute Gasteiger partial charge is 0.311 e. The number of allylic oxidation sites excluding steroid dienone is 3. The highest BCUT2D eigenvalue weighted by Gasteiger charge is 2.18. The molecule has 266 valence electrons. The van der Waals surface area contributed by atoms with Crippen molar-refractivity contribution in [3.8, 4) is 11.1 Å². The summed E-state index contributed by atoms with van der Waals surface area (Å²) in [5.74, 6) is 0.533. The number of benzene rings is 7. The van der Waals surface area contributed by atoms with Crippen LogP contribution in [0.4, 0.5) is 28.4 Å². The second-order valence-corrected chi connectivity index (χ2v) is 13.9. The Morgan fingerprint density at radius 3 is 1.53 bits per heavy atom. The summed E-state index contributed by atoms with van der Waals surface area (Å²) in [4.78, 5) is 4.71. The van der Waals surface area contributed by atoms with Crippen LogP contribution in [-0.4, -0.2) is 0 Å². The van der Waals surface area contributed by atoms with Crippen LogP contribution >= 0.6 is 0 Å². The lowest BCUT2D eigenvalue weighted by Gasteiger charge is -2.29. The van der Waals surface area contributed by atoms with Crippen LogP contribution in [-0.2, 0) is 0 Å². The predicted octanol–water partition coefficient (Wildman–Crippen LogP) is 14.8. The molecule has 0 saturated heterocycles. The van der Waals surface area contributed by atoms with Crippen molar-refractivity contribution in [2.24, 2.45) is 5.92 Å². The molecule has 0 aromatic heterocycles. The van der Waals surface area contributed by atoms with Gasteiger partial charge in [-0.05, 0) is 112 Å². The fourth-order valence-corrected chi connectivity index (χ4v) is 7.07. The summed E-state index contributed by atoms with van der Waals surface area (Å²) in [6.45, 7) is 2.27. The van der Waals surface area contributed by atoms with Gasteiger partial charge in [0.25, 0.3) is 0 Å². The maximum absolute atomic E-state index is 2.37. The molecule has 0 heterocycles. The SMILES string of the molecule is CC1C=CC(N(c2ccccc2)c2ccc(-c3cccc(N(c4ccccc4)c4ccc(/C=C/c5ccccc5)cc4)c3)c(/C=C/c3ccccc3)c2)=CC1. The van der Waals surface area contributed by atoms with Crippen molar-refractivity contribution in [1.29, 1.82) is 0 Å². The van der Waals surface area contributed by atoms with Gasteiger partial charge < -0.3 is 9.80 Å². The number of rotatable bonds is 11. The summed E-state index contributed by atoms with van der Waals surface area (Å²) >= 11 is 0. The van der Waals surface area contributed by atoms with E-state index in [0.717, 1.165) is 57.1 Å². The van der Waals surface area contributed by atoms with Gasteiger partial charge in [0.15, 0.2) is 0 Å². The summed E-state index contributed by atoms with van der Waals surface area (Å²) in [5, 5.41) is 0. The highest BCUT2D eigenvalue weighted by molar-refractivity contribution is 5.87. The van der Waals surface area contributed by atoms with Gasteiger partial charge in [0.2, 0.25) is 0 Å². The van der Waals surface area contributed by atoms with E-state index >= 15 is 0 Å². The van der Waals surface area contributed by atoms with Crippen molar-refractivity contribution >= 4 is 52.7 Å². The molecule has 0 N–H and O–H groups in total. The summed E-state index contributed by atoms with van der Waals surface area (Å²) < 4.78 is 0. The molecule has 1 aliphatic carbocycles. The second kappa shape index (κ2) is 16.8. The van der Waals surface area contributed by atoms with Gasteiger partial charge >= 0.3 is 0 Å². The molecule has 0 amide bonds. The van der Waals surface area contributed by atoms with E-state index in [0.29, 0.717) is 5.92 Å². The minimum Gasteiger partial charge on any atom is -0.311 e. The number of para-hydroxylation sites is 2. The van der Waals surface area contributed by atoms with E-state index in [9.17, 15) is 0 Å². The van der Waals surface area contributed by atoms with Crippen molar-refractivity contribution in [1.82, 2.24) is 0 Å². The topological polar surface area (TPSA) is 6.48 Å². The van der Waals surface area contributed by atoms with E-state index in [-0.39, 0.29) is 0 Å². The zero-order valence-electron chi connectivity index (χ0n) is 31.1. The fourth-order valence-electron chi connectivity index (χ4n) is 7.07. The van der Waals surface area contributed by atoms with Crippen LogP contribution < -0.4 is 9.80 Å². The van der Waals surface area contributed by atoms with Gasteiger partial charge in [-0.1, -0.05) is 171 Å². The Bertz CT molecular complexity index is 2440. The monoisotopic (exact) mass is 708 g/mol. The van der Waals surface area contributed by atoms with Crippen molar-refractivity contribution in [2.75, 3.05) is 9.80 Å². The Morgan fingerprint density at radius 1 is 0.436 bits per heavy atom. The third kappa shape index (κ3) is 8.51. The molecule has 8 rings (SSSR count). The molecule has 0 bridgehead atoms. The van der Waals surface area contributed by atoms with Gasteiger partial charge in [-0.15, -0.1) is 0 Å². The summed E-state index contributed by atoms with van der Waals surface area (Å²) in [7, 11) is 0. The molecule has 7 aromatic rings. The Kier molecular flexibility index (Phi) is 10.8. The Morgan fingerprint density at radius 2 is 0.927 bits per heavy atom. The van der Waals surface area contributed by atoms with Gasteiger partial charge in [0.05, 0.1) is 0 Å². The number of hydrogen-bond acceptors (Lipinski definition) is 2. The minimum atomic E-state index is 0.533. The van der Waals surface area contributed by atoms with Crippen molar-refractivity contribution in [2.45, 2.75) is 13.3 Å². The number of nitrogens with zero attached hydrogens (tertiary/aromatic N) is 2. The number of anilines is 5. The zero-order valence-corrected chi connectivity index (χ0v) is 31.1. The van der Waals surface area contributed by atoms with Crippen LogP contribution in [0.5, 0.6) is 0 Å². The van der Waals surface area contributed by atoms with E-state index in [1.165, 1.54) is 16.8 Å². The molecule has 1 atom stereocenters. The summed E-state index contributed by atoms with van der Waals surface area (Å²) in [5.41, 5.74) is 13.7. The van der Waals surface area contributed by atoms with E-state index in [1.807, 2.05) is 6.07 Å². The number of hydrogen-bond donors (Lipinski definition) is 0. The first-order valence-corrected chi connectivity index (χ1v) is 19.1. The van der Waals surface area contributed by atoms with Gasteiger partial charge in [-0.25, -0.2) is 0 Å². The van der Waals surface area contributed by atoms with E-state index < -0.39 is 0 Å². The van der Waals surface area contributed by atoms with E-state index in [4.69, 9.17) is 0 Å². The normalized spacial score (nSPS) is 13.9. The minimum absolute atomic E-state index is 0.533. The van der Waals surface area contributed by atoms with Crippen molar-refractivity contribution in [3.63, 3.8) is 0 Å². The van der Waals surface area contributed by atoms with Crippen LogP contribution in [0.15, 0.2) is 212 Å². The standard InChI is InChI=1S/C53H44N2/c1-41-25-33-49(34-26-41)55(48-22-12-5-13-23-48)52-37-38-53(46(40-52)32-29-43-17-8-3-9-18-43)45-19-14-24-51(39-45)54(47-20-10-4-11-21-47)50-35-30-44(31-36-50)28-27-42-15-6-2-7-16-42/h2-25,27-41H,26H2,1H3/b28-27+,32-29+. The Labute approximate surface area is 326 Å². The lowest BCUT2D eigenvalue weighted by Crippen LogP contribution is -2.17. The van der Waals surface area contributed by atoms with Crippen LogP contribution in [0.25, 0.3) is 35.4 Å². The zero-order chi connectivity index (χ0) is 37.2. The molecule has 0 aliphatic heterocycles. The van der Waals surface area contributed by atoms with Crippen LogP contribution in [0.1, 0.15) is 35.6 Å². The molecule has 1 unspecified atom stereocenters. The molecule has 2 nitrogen and oxygen atoms in total. The second-order valence-electron chi connectivity index (χ2n) is 13.9. The molecular weight excluding hydrogens is 665 g/mol. The third-order valence-electron chi connectivity index (χ3n) is 9.96. The predicted molar refractivity (Wildman–Crippen MR) is 237 cm³/mol. The third-order valence-corrected chi connectivity index (χ3v) is 9.96. The molecule has 55 heavy (non-hydrogen) atoms. The quantitative estimate of drug-likeness (QED) is 0.123. The first kappa shape index (κ1) is 35.1. The Balaban J connectivity index is 1.20. The Hall–Kier alpha value is -6.90. The van der Waals surface area contributed by atoms with Gasteiger partial charge in [0, 0.05) is 34.1 Å². The van der Waals surface area contributed by atoms with Gasteiger partial charge in [-0.2, -0.15) is 0 Å². The lowest BCUT2D eigenvalue weighted by atomic mass is 9.96. The average Bonchev–Trinajstić information content (AvgIpc) is 3.25. The smallest absolute Gasteiger partial charge is 0.0467 e. The van der Waals surface area contributed by atoms with E-state index in [2.05, 4.69) is 241 Å².